The zero-order valence-corrected chi connectivity index (χ0v) is 15.2. The molecule has 132 valence electrons. The third-order valence-electron chi connectivity index (χ3n) is 4.02. The van der Waals surface area contributed by atoms with Crippen molar-refractivity contribution in [3.63, 3.8) is 0 Å². The molecule has 0 radical (unpaired) electrons. The van der Waals surface area contributed by atoms with E-state index in [0.29, 0.717) is 18.0 Å². The Balaban J connectivity index is 1.90. The fourth-order valence-electron chi connectivity index (χ4n) is 2.94. The summed E-state index contributed by atoms with van der Waals surface area (Å²) >= 11 is 0. The van der Waals surface area contributed by atoms with E-state index in [1.807, 2.05) is 20.8 Å². The first-order valence-electron chi connectivity index (χ1n) is 8.00. The first-order chi connectivity index (χ1) is 11.8. The van der Waals surface area contributed by atoms with E-state index in [4.69, 9.17) is 4.74 Å². The molecular weight excluding hydrogens is 340 g/mol. The van der Waals surface area contributed by atoms with Crippen molar-refractivity contribution in [1.82, 2.24) is 0 Å². The molecule has 25 heavy (non-hydrogen) atoms. The first-order valence-corrected chi connectivity index (χ1v) is 9.48. The van der Waals surface area contributed by atoms with E-state index in [1.165, 1.54) is 0 Å². The summed E-state index contributed by atoms with van der Waals surface area (Å²) in [4.78, 5) is 11.6. The second-order valence-electron chi connectivity index (χ2n) is 6.02. The van der Waals surface area contributed by atoms with Gasteiger partial charge in [-0.2, -0.15) is 0 Å². The Labute approximate surface area is 147 Å². The van der Waals surface area contributed by atoms with E-state index < -0.39 is 10.0 Å². The molecule has 2 aromatic rings. The molecule has 2 N–H and O–H groups in total. The van der Waals surface area contributed by atoms with Gasteiger partial charge in [0.1, 0.15) is 5.75 Å². The van der Waals surface area contributed by atoms with Gasteiger partial charge in [0.15, 0.2) is 0 Å². The van der Waals surface area contributed by atoms with Gasteiger partial charge in [0, 0.05) is 11.4 Å². The summed E-state index contributed by atoms with van der Waals surface area (Å²) in [7, 11) is -3.73. The van der Waals surface area contributed by atoms with Crippen molar-refractivity contribution in [1.29, 1.82) is 0 Å². The normalized spacial score (nSPS) is 13.3. The molecule has 0 bridgehead atoms. The number of carbonyl (C=O) groups excluding carboxylic acids is 1. The smallest absolute Gasteiger partial charge is 0.261 e. The summed E-state index contributed by atoms with van der Waals surface area (Å²) in [5, 5.41) is 2.72. The molecule has 1 amide bonds. The molecule has 3 rings (SSSR count). The molecule has 2 aromatic carbocycles. The average Bonchev–Trinajstić information content (AvgIpc) is 2.89. The number of ether oxygens (including phenoxy) is 1. The lowest BCUT2D eigenvalue weighted by molar-refractivity contribution is -0.115. The Morgan fingerprint density at radius 1 is 1.16 bits per heavy atom. The Morgan fingerprint density at radius 3 is 2.48 bits per heavy atom. The number of sulfonamides is 1. The fraction of sp³-hybridized carbons (Fsp3) is 0.278. The predicted molar refractivity (Wildman–Crippen MR) is 96.7 cm³/mol. The molecule has 1 aliphatic rings. The van der Waals surface area contributed by atoms with Crippen LogP contribution in [-0.4, -0.2) is 20.9 Å². The number of hydrogen-bond donors (Lipinski definition) is 2. The second-order valence-corrected chi connectivity index (χ2v) is 7.70. The van der Waals surface area contributed by atoms with Crippen molar-refractivity contribution in [3.05, 3.63) is 47.0 Å². The van der Waals surface area contributed by atoms with Crippen LogP contribution in [0.5, 0.6) is 5.75 Å². The third-order valence-corrected chi connectivity index (χ3v) is 5.38. The molecule has 1 heterocycles. The molecule has 0 unspecified atom stereocenters. The van der Waals surface area contributed by atoms with Crippen molar-refractivity contribution in [2.24, 2.45) is 0 Å². The van der Waals surface area contributed by atoms with Crippen LogP contribution in [0.15, 0.2) is 35.2 Å². The number of carbonyl (C=O) groups is 1. The largest absolute Gasteiger partial charge is 0.493 e. The minimum atomic E-state index is -3.73. The zero-order valence-electron chi connectivity index (χ0n) is 14.3. The fourth-order valence-corrected chi connectivity index (χ4v) is 4.16. The minimum Gasteiger partial charge on any atom is -0.493 e. The van der Waals surface area contributed by atoms with Crippen LogP contribution < -0.4 is 14.8 Å². The molecule has 0 atom stereocenters. The second kappa shape index (κ2) is 6.40. The summed E-state index contributed by atoms with van der Waals surface area (Å²) in [6, 6.07) is 8.21. The highest BCUT2D eigenvalue weighted by Crippen LogP contribution is 2.30. The SMILES string of the molecule is CCOc1c(C)cc(S(=O)(=O)Nc2ccc3c(c2)CC(=O)N3)cc1C. The Bertz CT molecular complexity index is 929. The van der Waals surface area contributed by atoms with Crippen LogP contribution in [0.2, 0.25) is 0 Å². The van der Waals surface area contributed by atoms with Gasteiger partial charge in [-0.1, -0.05) is 0 Å². The van der Waals surface area contributed by atoms with Gasteiger partial charge in [0.25, 0.3) is 10.0 Å². The van der Waals surface area contributed by atoms with Crippen molar-refractivity contribution in [2.75, 3.05) is 16.6 Å². The van der Waals surface area contributed by atoms with Gasteiger partial charge < -0.3 is 10.1 Å². The number of hydrogen-bond acceptors (Lipinski definition) is 4. The summed E-state index contributed by atoms with van der Waals surface area (Å²) in [6.45, 7) is 6.06. The van der Waals surface area contributed by atoms with E-state index >= 15 is 0 Å². The van der Waals surface area contributed by atoms with Crippen LogP contribution >= 0.6 is 0 Å². The predicted octanol–water partition coefficient (Wildman–Crippen LogP) is 3.00. The molecular formula is C18H20N2O4S. The van der Waals surface area contributed by atoms with Crippen molar-refractivity contribution < 1.29 is 17.9 Å². The molecule has 1 aliphatic heterocycles. The van der Waals surface area contributed by atoms with Crippen LogP contribution in [0.4, 0.5) is 11.4 Å². The zero-order chi connectivity index (χ0) is 18.2. The highest BCUT2D eigenvalue weighted by atomic mass is 32.2. The molecule has 7 heteroatoms. The number of anilines is 2. The number of nitrogens with one attached hydrogen (secondary N) is 2. The summed E-state index contributed by atoms with van der Waals surface area (Å²) < 4.78 is 33.5. The van der Waals surface area contributed by atoms with Gasteiger partial charge in [-0.05, 0) is 67.8 Å². The van der Waals surface area contributed by atoms with E-state index in [-0.39, 0.29) is 17.2 Å². The van der Waals surface area contributed by atoms with Crippen molar-refractivity contribution in [2.45, 2.75) is 32.1 Å². The van der Waals surface area contributed by atoms with Gasteiger partial charge in [-0.15, -0.1) is 0 Å². The van der Waals surface area contributed by atoms with E-state index in [1.54, 1.807) is 30.3 Å². The Morgan fingerprint density at radius 2 is 1.84 bits per heavy atom. The van der Waals surface area contributed by atoms with Crippen molar-refractivity contribution in [3.8, 4) is 5.75 Å². The van der Waals surface area contributed by atoms with Crippen molar-refractivity contribution >= 4 is 27.3 Å². The Kier molecular flexibility index (Phi) is 4.43. The van der Waals surface area contributed by atoms with Crippen LogP contribution in [0, 0.1) is 13.8 Å². The first kappa shape index (κ1) is 17.3. The summed E-state index contributed by atoms with van der Waals surface area (Å²) in [6.07, 6.45) is 0.256. The standard InChI is InChI=1S/C18H20N2O4S/c1-4-24-18-11(2)7-15(8-12(18)3)25(22,23)20-14-5-6-16-13(9-14)10-17(21)19-16/h5-9,20H,4,10H2,1-3H3,(H,19,21). The molecule has 0 fully saturated rings. The molecule has 0 saturated heterocycles. The lowest BCUT2D eigenvalue weighted by atomic mass is 10.1. The quantitative estimate of drug-likeness (QED) is 0.858. The molecule has 0 aliphatic carbocycles. The van der Waals surface area contributed by atoms with Crippen LogP contribution in [0.1, 0.15) is 23.6 Å². The number of fused-ring (bicyclic) bond motifs is 1. The highest BCUT2D eigenvalue weighted by molar-refractivity contribution is 7.92. The topological polar surface area (TPSA) is 84.5 Å². The van der Waals surface area contributed by atoms with Crippen LogP contribution in [0.3, 0.4) is 0 Å². The molecule has 0 saturated carbocycles. The molecule has 0 spiro atoms. The van der Waals surface area contributed by atoms with E-state index in [0.717, 1.165) is 22.4 Å². The summed E-state index contributed by atoms with van der Waals surface area (Å²) in [5.74, 6) is 0.622. The van der Waals surface area contributed by atoms with E-state index in [9.17, 15) is 13.2 Å². The van der Waals surface area contributed by atoms with Crippen LogP contribution in [-0.2, 0) is 21.2 Å². The number of benzene rings is 2. The monoisotopic (exact) mass is 360 g/mol. The highest BCUT2D eigenvalue weighted by Gasteiger charge is 2.21. The maximum Gasteiger partial charge on any atom is 0.261 e. The van der Waals surface area contributed by atoms with Gasteiger partial charge in [0.2, 0.25) is 5.91 Å². The van der Waals surface area contributed by atoms with Gasteiger partial charge >= 0.3 is 0 Å². The third kappa shape index (κ3) is 3.46. The van der Waals surface area contributed by atoms with E-state index in [2.05, 4.69) is 10.0 Å². The average molecular weight is 360 g/mol. The number of amides is 1. The maximum absolute atomic E-state index is 12.7. The van der Waals surface area contributed by atoms with Gasteiger partial charge in [-0.25, -0.2) is 8.42 Å². The van der Waals surface area contributed by atoms with Gasteiger partial charge in [-0.3, -0.25) is 9.52 Å². The minimum absolute atomic E-state index is 0.0900. The Hall–Kier alpha value is -2.54. The number of rotatable bonds is 5. The molecule has 0 aromatic heterocycles. The lowest BCUT2D eigenvalue weighted by Gasteiger charge is -2.14. The summed E-state index contributed by atoms with van der Waals surface area (Å²) in [5.41, 5.74) is 3.47. The molecule has 6 nitrogen and oxygen atoms in total. The lowest BCUT2D eigenvalue weighted by Crippen LogP contribution is -2.14. The van der Waals surface area contributed by atoms with Gasteiger partial charge in [0.05, 0.1) is 17.9 Å². The number of aryl methyl sites for hydroxylation is 2. The van der Waals surface area contributed by atoms with Crippen LogP contribution in [0.25, 0.3) is 0 Å². The maximum atomic E-state index is 12.7.